The van der Waals surface area contributed by atoms with E-state index in [0.717, 1.165) is 32.1 Å². The first kappa shape index (κ1) is 13.7. The van der Waals surface area contributed by atoms with Gasteiger partial charge >= 0.3 is 0 Å². The van der Waals surface area contributed by atoms with Gasteiger partial charge in [-0.2, -0.15) is 0 Å². The molecule has 0 amide bonds. The van der Waals surface area contributed by atoms with E-state index in [1.807, 2.05) is 24.3 Å². The van der Waals surface area contributed by atoms with E-state index < -0.39 is 0 Å². The van der Waals surface area contributed by atoms with E-state index in [-0.39, 0.29) is 10.8 Å². The van der Waals surface area contributed by atoms with Crippen molar-refractivity contribution in [2.75, 3.05) is 0 Å². The number of hydrogen-bond acceptors (Lipinski definition) is 1. The van der Waals surface area contributed by atoms with Crippen LogP contribution in [0, 0.1) is 10.8 Å². The van der Waals surface area contributed by atoms with Gasteiger partial charge in [-0.1, -0.05) is 24.3 Å². The lowest BCUT2D eigenvalue weighted by atomic mass is 9.47. The molecule has 1 heteroatoms. The van der Waals surface area contributed by atoms with Crippen molar-refractivity contribution in [3.8, 4) is 0 Å². The van der Waals surface area contributed by atoms with Crippen LogP contribution >= 0.6 is 0 Å². The SMILES string of the molecule is C=CCC1(CC=C)CC(CC=C)(CC=C)C1=O. The monoisotopic (exact) mass is 230 g/mol. The quantitative estimate of drug-likeness (QED) is 0.570. The van der Waals surface area contributed by atoms with Crippen LogP contribution in [-0.4, -0.2) is 5.78 Å². The lowest BCUT2D eigenvalue weighted by Gasteiger charge is -2.54. The van der Waals surface area contributed by atoms with Gasteiger partial charge in [0.15, 0.2) is 0 Å². The second kappa shape index (κ2) is 5.31. The van der Waals surface area contributed by atoms with Crippen LogP contribution in [-0.2, 0) is 4.79 Å². The molecule has 0 N–H and O–H groups in total. The Balaban J connectivity index is 2.93. The highest BCUT2D eigenvalue weighted by atomic mass is 16.1. The van der Waals surface area contributed by atoms with Crippen LogP contribution in [0.1, 0.15) is 32.1 Å². The molecule has 0 unspecified atom stereocenters. The molecule has 1 aliphatic rings. The first-order valence-electron chi connectivity index (χ1n) is 6.09. The third-order valence-electron chi connectivity index (χ3n) is 3.78. The first-order valence-corrected chi connectivity index (χ1v) is 6.09. The van der Waals surface area contributed by atoms with Crippen LogP contribution in [0.25, 0.3) is 0 Å². The van der Waals surface area contributed by atoms with E-state index in [1.165, 1.54) is 0 Å². The molecular weight excluding hydrogens is 208 g/mol. The number of hydrogen-bond donors (Lipinski definition) is 0. The zero-order valence-corrected chi connectivity index (χ0v) is 10.6. The average Bonchev–Trinajstić information content (AvgIpc) is 2.29. The van der Waals surface area contributed by atoms with Gasteiger partial charge in [0, 0.05) is 10.8 Å². The van der Waals surface area contributed by atoms with E-state index in [2.05, 4.69) is 26.3 Å². The summed E-state index contributed by atoms with van der Waals surface area (Å²) in [6.07, 6.45) is 11.2. The first-order chi connectivity index (χ1) is 8.10. The minimum atomic E-state index is -0.254. The molecule has 1 fully saturated rings. The van der Waals surface area contributed by atoms with Gasteiger partial charge in [-0.15, -0.1) is 26.3 Å². The van der Waals surface area contributed by atoms with Crippen LogP contribution in [0.3, 0.4) is 0 Å². The number of allylic oxidation sites excluding steroid dienone is 4. The Hall–Kier alpha value is -1.37. The molecule has 0 aromatic rings. The van der Waals surface area contributed by atoms with E-state index >= 15 is 0 Å². The Bertz CT molecular complexity index is 297. The highest BCUT2D eigenvalue weighted by Gasteiger charge is 2.59. The zero-order valence-electron chi connectivity index (χ0n) is 10.6. The van der Waals surface area contributed by atoms with Gasteiger partial charge in [-0.25, -0.2) is 0 Å². The summed E-state index contributed by atoms with van der Waals surface area (Å²) in [4.78, 5) is 12.6. The Morgan fingerprint density at radius 2 is 1.12 bits per heavy atom. The molecule has 0 atom stereocenters. The van der Waals surface area contributed by atoms with Gasteiger partial charge < -0.3 is 0 Å². The molecule has 0 radical (unpaired) electrons. The molecule has 0 saturated heterocycles. The van der Waals surface area contributed by atoms with Crippen molar-refractivity contribution in [3.63, 3.8) is 0 Å². The molecule has 0 heterocycles. The van der Waals surface area contributed by atoms with Crippen molar-refractivity contribution in [3.05, 3.63) is 50.6 Å². The fourth-order valence-electron chi connectivity index (χ4n) is 3.20. The topological polar surface area (TPSA) is 17.1 Å². The summed E-state index contributed by atoms with van der Waals surface area (Å²) >= 11 is 0. The molecule has 92 valence electrons. The van der Waals surface area contributed by atoms with Crippen molar-refractivity contribution in [1.29, 1.82) is 0 Å². The van der Waals surface area contributed by atoms with Crippen molar-refractivity contribution < 1.29 is 4.79 Å². The summed E-state index contributed by atoms with van der Waals surface area (Å²) in [5.74, 6) is 0.338. The number of rotatable bonds is 8. The minimum Gasteiger partial charge on any atom is -0.298 e. The smallest absolute Gasteiger partial charge is 0.146 e. The largest absolute Gasteiger partial charge is 0.298 e. The number of Topliss-reactive ketones (excluding diaryl/α,β-unsaturated/α-hetero) is 1. The summed E-state index contributed by atoms with van der Waals surface area (Å²) in [5.41, 5.74) is -0.509. The third kappa shape index (κ3) is 2.19. The lowest BCUT2D eigenvalue weighted by Crippen LogP contribution is -2.56. The maximum absolute atomic E-state index is 12.6. The van der Waals surface area contributed by atoms with Gasteiger partial charge in [0.25, 0.3) is 0 Å². The molecule has 1 nitrogen and oxygen atoms in total. The van der Waals surface area contributed by atoms with Crippen LogP contribution < -0.4 is 0 Å². The van der Waals surface area contributed by atoms with E-state index in [9.17, 15) is 4.79 Å². The predicted octanol–water partition coefficient (Wildman–Crippen LogP) is 4.24. The Kier molecular flexibility index (Phi) is 4.28. The second-order valence-electron chi connectivity index (χ2n) is 5.04. The zero-order chi connectivity index (χ0) is 12.9. The van der Waals surface area contributed by atoms with E-state index in [4.69, 9.17) is 0 Å². The molecule has 1 rings (SSSR count). The minimum absolute atomic E-state index is 0.254. The van der Waals surface area contributed by atoms with E-state index in [1.54, 1.807) is 0 Å². The lowest BCUT2D eigenvalue weighted by molar-refractivity contribution is -0.158. The Morgan fingerprint density at radius 1 is 0.824 bits per heavy atom. The van der Waals surface area contributed by atoms with Crippen LogP contribution in [0.15, 0.2) is 50.6 Å². The molecule has 0 aromatic carbocycles. The van der Waals surface area contributed by atoms with Gasteiger partial charge in [0.1, 0.15) is 5.78 Å². The summed E-state index contributed by atoms with van der Waals surface area (Å²) in [7, 11) is 0. The van der Waals surface area contributed by atoms with Gasteiger partial charge in [-0.3, -0.25) is 4.79 Å². The number of carbonyl (C=O) groups is 1. The standard InChI is InChI=1S/C16H22O/c1-5-9-15(10-6-2)13-16(11-7-3,12-8-4)14(15)17/h5-8H,1-4,9-13H2. The third-order valence-corrected chi connectivity index (χ3v) is 3.78. The number of carbonyl (C=O) groups excluding carboxylic acids is 1. The molecular formula is C16H22O. The summed E-state index contributed by atoms with van der Waals surface area (Å²) < 4.78 is 0. The number of ketones is 1. The average molecular weight is 230 g/mol. The summed E-state index contributed by atoms with van der Waals surface area (Å²) in [6, 6.07) is 0. The summed E-state index contributed by atoms with van der Waals surface area (Å²) in [5, 5.41) is 0. The van der Waals surface area contributed by atoms with E-state index in [0.29, 0.717) is 5.78 Å². The normalized spacial score (nSPS) is 20.1. The molecule has 0 bridgehead atoms. The summed E-state index contributed by atoms with van der Waals surface area (Å²) in [6.45, 7) is 15.0. The van der Waals surface area contributed by atoms with Crippen LogP contribution in [0.4, 0.5) is 0 Å². The van der Waals surface area contributed by atoms with Crippen molar-refractivity contribution in [2.24, 2.45) is 10.8 Å². The molecule has 0 spiro atoms. The van der Waals surface area contributed by atoms with Crippen molar-refractivity contribution >= 4 is 5.78 Å². The molecule has 0 aliphatic heterocycles. The highest BCUT2D eigenvalue weighted by molar-refractivity contribution is 5.97. The Labute approximate surface area is 105 Å². The molecule has 17 heavy (non-hydrogen) atoms. The van der Waals surface area contributed by atoms with Crippen LogP contribution in [0.2, 0.25) is 0 Å². The molecule has 1 saturated carbocycles. The predicted molar refractivity (Wildman–Crippen MR) is 73.7 cm³/mol. The van der Waals surface area contributed by atoms with Crippen LogP contribution in [0.5, 0.6) is 0 Å². The Morgan fingerprint density at radius 3 is 1.29 bits per heavy atom. The fourth-order valence-corrected chi connectivity index (χ4v) is 3.20. The van der Waals surface area contributed by atoms with Crippen molar-refractivity contribution in [2.45, 2.75) is 32.1 Å². The van der Waals surface area contributed by atoms with Gasteiger partial charge in [-0.05, 0) is 32.1 Å². The fraction of sp³-hybridized carbons (Fsp3) is 0.438. The maximum atomic E-state index is 12.6. The van der Waals surface area contributed by atoms with Gasteiger partial charge in [0.2, 0.25) is 0 Å². The molecule has 0 aromatic heterocycles. The highest BCUT2D eigenvalue weighted by Crippen LogP contribution is 2.59. The molecule has 1 aliphatic carbocycles. The van der Waals surface area contributed by atoms with Gasteiger partial charge in [0.05, 0.1) is 0 Å². The maximum Gasteiger partial charge on any atom is 0.146 e. The second-order valence-corrected chi connectivity index (χ2v) is 5.04. The van der Waals surface area contributed by atoms with Crippen molar-refractivity contribution in [1.82, 2.24) is 0 Å².